The number of likely N-dealkylation sites (tertiary alicyclic amines) is 1. The highest BCUT2D eigenvalue weighted by atomic mass is 32.2. The van der Waals surface area contributed by atoms with Gasteiger partial charge in [-0.25, -0.2) is 8.42 Å². The molecule has 128 valence electrons. The number of sulfone groups is 1. The van der Waals surface area contributed by atoms with Crippen LogP contribution >= 0.6 is 0 Å². The number of hydrogen-bond donors (Lipinski definition) is 0. The maximum absolute atomic E-state index is 12.0. The molecule has 2 rings (SSSR count). The standard InChI is InChI=1S/C17H26N2O3S/c1-3-23(21,22)14-17(20)18(2)11-16-9-10-19(13-16)12-15-7-5-4-6-8-15/h4-8,16H,3,9-14H2,1-2H3. The van der Waals surface area contributed by atoms with E-state index in [1.807, 2.05) is 18.2 Å². The molecule has 0 aromatic heterocycles. The molecule has 1 aromatic carbocycles. The lowest BCUT2D eigenvalue weighted by Crippen LogP contribution is -2.37. The molecular weight excluding hydrogens is 312 g/mol. The normalized spacial score (nSPS) is 19.0. The van der Waals surface area contributed by atoms with Gasteiger partial charge in [-0.15, -0.1) is 0 Å². The number of nitrogens with zero attached hydrogens (tertiary/aromatic N) is 2. The number of hydrogen-bond acceptors (Lipinski definition) is 4. The molecule has 5 nitrogen and oxygen atoms in total. The minimum absolute atomic E-state index is 0.0147. The van der Waals surface area contributed by atoms with Gasteiger partial charge in [0.15, 0.2) is 9.84 Å². The fourth-order valence-electron chi connectivity index (χ4n) is 2.94. The van der Waals surface area contributed by atoms with Crippen LogP contribution in [0.15, 0.2) is 30.3 Å². The molecular formula is C17H26N2O3S. The van der Waals surface area contributed by atoms with Crippen molar-refractivity contribution in [3.8, 4) is 0 Å². The van der Waals surface area contributed by atoms with E-state index in [1.54, 1.807) is 18.9 Å². The highest BCUT2D eigenvalue weighted by Crippen LogP contribution is 2.19. The summed E-state index contributed by atoms with van der Waals surface area (Å²) in [5.41, 5.74) is 1.30. The lowest BCUT2D eigenvalue weighted by molar-refractivity contribution is -0.127. The molecule has 1 unspecified atom stereocenters. The Morgan fingerprint density at radius 1 is 1.30 bits per heavy atom. The molecule has 1 aliphatic rings. The molecule has 1 saturated heterocycles. The van der Waals surface area contributed by atoms with Crippen LogP contribution in [0.3, 0.4) is 0 Å². The molecule has 1 amide bonds. The van der Waals surface area contributed by atoms with Crippen molar-refractivity contribution in [3.05, 3.63) is 35.9 Å². The van der Waals surface area contributed by atoms with E-state index in [9.17, 15) is 13.2 Å². The van der Waals surface area contributed by atoms with Gasteiger partial charge in [0.2, 0.25) is 5.91 Å². The number of carbonyl (C=O) groups is 1. The number of rotatable bonds is 7. The molecule has 0 spiro atoms. The van der Waals surface area contributed by atoms with Crippen LogP contribution in [0.25, 0.3) is 0 Å². The van der Waals surface area contributed by atoms with Gasteiger partial charge in [0.05, 0.1) is 0 Å². The van der Waals surface area contributed by atoms with E-state index in [0.717, 1.165) is 26.1 Å². The Balaban J connectivity index is 1.79. The summed E-state index contributed by atoms with van der Waals surface area (Å²) in [4.78, 5) is 16.0. The second-order valence-corrected chi connectivity index (χ2v) is 8.68. The number of amides is 1. The molecule has 1 aliphatic heterocycles. The molecule has 1 aromatic rings. The molecule has 0 saturated carbocycles. The second-order valence-electron chi connectivity index (χ2n) is 6.33. The van der Waals surface area contributed by atoms with Crippen LogP contribution in [-0.4, -0.2) is 62.3 Å². The fourth-order valence-corrected chi connectivity index (χ4v) is 3.74. The zero-order chi connectivity index (χ0) is 16.9. The van der Waals surface area contributed by atoms with Crippen LogP contribution in [0.5, 0.6) is 0 Å². The van der Waals surface area contributed by atoms with E-state index in [-0.39, 0.29) is 17.4 Å². The quantitative estimate of drug-likeness (QED) is 0.754. The Bertz CT molecular complexity index is 616. The number of carbonyl (C=O) groups excluding carboxylic acids is 1. The highest BCUT2D eigenvalue weighted by molar-refractivity contribution is 7.92. The first-order chi connectivity index (χ1) is 10.9. The van der Waals surface area contributed by atoms with Crippen molar-refractivity contribution >= 4 is 15.7 Å². The molecule has 0 aliphatic carbocycles. The van der Waals surface area contributed by atoms with E-state index >= 15 is 0 Å². The van der Waals surface area contributed by atoms with Gasteiger partial charge in [0, 0.05) is 32.4 Å². The summed E-state index contributed by atoms with van der Waals surface area (Å²) >= 11 is 0. The Hall–Kier alpha value is -1.40. The average molecular weight is 338 g/mol. The van der Waals surface area contributed by atoms with E-state index < -0.39 is 9.84 Å². The maximum atomic E-state index is 12.0. The van der Waals surface area contributed by atoms with Gasteiger partial charge in [0.25, 0.3) is 0 Å². The van der Waals surface area contributed by atoms with E-state index in [4.69, 9.17) is 0 Å². The van der Waals surface area contributed by atoms with Crippen molar-refractivity contribution < 1.29 is 13.2 Å². The molecule has 0 bridgehead atoms. The van der Waals surface area contributed by atoms with Crippen LogP contribution in [0.2, 0.25) is 0 Å². The van der Waals surface area contributed by atoms with Crippen molar-refractivity contribution in [3.63, 3.8) is 0 Å². The minimum Gasteiger partial charge on any atom is -0.345 e. The summed E-state index contributed by atoms with van der Waals surface area (Å²) < 4.78 is 23.1. The van der Waals surface area contributed by atoms with Crippen molar-refractivity contribution in [2.75, 3.05) is 38.2 Å². The van der Waals surface area contributed by atoms with E-state index in [1.165, 1.54) is 5.56 Å². The van der Waals surface area contributed by atoms with Crippen LogP contribution in [0, 0.1) is 5.92 Å². The van der Waals surface area contributed by atoms with Crippen molar-refractivity contribution in [1.82, 2.24) is 9.80 Å². The van der Waals surface area contributed by atoms with Crippen molar-refractivity contribution in [2.45, 2.75) is 19.9 Å². The monoisotopic (exact) mass is 338 g/mol. The predicted octanol–water partition coefficient (Wildman–Crippen LogP) is 1.40. The van der Waals surface area contributed by atoms with E-state index in [2.05, 4.69) is 17.0 Å². The Morgan fingerprint density at radius 2 is 2.00 bits per heavy atom. The van der Waals surface area contributed by atoms with Crippen LogP contribution in [0.4, 0.5) is 0 Å². The Labute approximate surface area is 139 Å². The summed E-state index contributed by atoms with van der Waals surface area (Å²) in [6.07, 6.45) is 1.05. The summed E-state index contributed by atoms with van der Waals surface area (Å²) in [7, 11) is -1.55. The van der Waals surface area contributed by atoms with Crippen LogP contribution < -0.4 is 0 Å². The summed E-state index contributed by atoms with van der Waals surface area (Å²) in [6, 6.07) is 10.4. The molecule has 0 N–H and O–H groups in total. The molecule has 1 fully saturated rings. The topological polar surface area (TPSA) is 57.7 Å². The summed E-state index contributed by atoms with van der Waals surface area (Å²) in [5, 5.41) is 0. The molecule has 0 radical (unpaired) electrons. The molecule has 1 heterocycles. The van der Waals surface area contributed by atoms with E-state index in [0.29, 0.717) is 12.5 Å². The summed E-state index contributed by atoms with van der Waals surface area (Å²) in [6.45, 7) is 5.10. The minimum atomic E-state index is -3.25. The first-order valence-electron chi connectivity index (χ1n) is 8.10. The van der Waals surface area contributed by atoms with Gasteiger partial charge >= 0.3 is 0 Å². The van der Waals surface area contributed by atoms with Crippen molar-refractivity contribution in [2.24, 2.45) is 5.92 Å². The third-order valence-electron chi connectivity index (χ3n) is 4.36. The highest BCUT2D eigenvalue weighted by Gasteiger charge is 2.26. The lowest BCUT2D eigenvalue weighted by Gasteiger charge is -2.22. The largest absolute Gasteiger partial charge is 0.345 e. The summed E-state index contributed by atoms with van der Waals surface area (Å²) in [5.74, 6) is -0.244. The van der Waals surface area contributed by atoms with Gasteiger partial charge in [-0.05, 0) is 24.4 Å². The second kappa shape index (κ2) is 7.93. The average Bonchev–Trinajstić information content (AvgIpc) is 2.95. The van der Waals surface area contributed by atoms with Gasteiger partial charge in [-0.3, -0.25) is 9.69 Å². The van der Waals surface area contributed by atoms with Crippen LogP contribution in [0.1, 0.15) is 18.9 Å². The molecule has 23 heavy (non-hydrogen) atoms. The SMILES string of the molecule is CCS(=O)(=O)CC(=O)N(C)CC1CCN(Cc2ccccc2)C1. The van der Waals surface area contributed by atoms with Gasteiger partial charge < -0.3 is 4.90 Å². The Morgan fingerprint density at radius 3 is 2.65 bits per heavy atom. The lowest BCUT2D eigenvalue weighted by atomic mass is 10.1. The van der Waals surface area contributed by atoms with Crippen LogP contribution in [-0.2, 0) is 21.2 Å². The zero-order valence-electron chi connectivity index (χ0n) is 13.9. The predicted molar refractivity (Wildman–Crippen MR) is 91.8 cm³/mol. The third-order valence-corrected chi connectivity index (χ3v) is 5.93. The first-order valence-corrected chi connectivity index (χ1v) is 9.92. The van der Waals surface area contributed by atoms with Gasteiger partial charge in [0.1, 0.15) is 5.75 Å². The zero-order valence-corrected chi connectivity index (χ0v) is 14.8. The third kappa shape index (κ3) is 5.62. The van der Waals surface area contributed by atoms with Gasteiger partial charge in [-0.1, -0.05) is 37.3 Å². The smallest absolute Gasteiger partial charge is 0.237 e. The molecule has 6 heteroatoms. The fraction of sp³-hybridized carbons (Fsp3) is 0.588. The molecule has 1 atom stereocenters. The van der Waals surface area contributed by atoms with Crippen molar-refractivity contribution in [1.29, 1.82) is 0 Å². The van der Waals surface area contributed by atoms with Gasteiger partial charge in [-0.2, -0.15) is 0 Å². The Kier molecular flexibility index (Phi) is 6.18. The first kappa shape index (κ1) is 17.9. The number of benzene rings is 1. The maximum Gasteiger partial charge on any atom is 0.237 e.